The van der Waals surface area contributed by atoms with Crippen LogP contribution in [-0.4, -0.2) is 36.1 Å². The van der Waals surface area contributed by atoms with Crippen molar-refractivity contribution in [1.82, 2.24) is 4.90 Å². The highest BCUT2D eigenvalue weighted by atomic mass is 16.5. The molecule has 2 fully saturated rings. The van der Waals surface area contributed by atoms with Gasteiger partial charge in [-0.1, -0.05) is 24.3 Å². The van der Waals surface area contributed by atoms with Crippen LogP contribution in [0.25, 0.3) is 11.0 Å². The first-order valence-corrected chi connectivity index (χ1v) is 8.67. The predicted molar refractivity (Wildman–Crippen MR) is 91.1 cm³/mol. The van der Waals surface area contributed by atoms with Crippen molar-refractivity contribution >= 4 is 16.9 Å². The van der Waals surface area contributed by atoms with Gasteiger partial charge < -0.3 is 14.1 Å². The second-order valence-corrected chi connectivity index (χ2v) is 7.45. The summed E-state index contributed by atoms with van der Waals surface area (Å²) in [6.07, 6.45) is 4.69. The van der Waals surface area contributed by atoms with Crippen molar-refractivity contribution < 1.29 is 13.9 Å². The molecule has 5 rings (SSSR count). The van der Waals surface area contributed by atoms with E-state index in [1.165, 1.54) is 0 Å². The maximum Gasteiger partial charge on any atom is 0.289 e. The number of hydrogen-bond donors (Lipinski definition) is 0. The van der Waals surface area contributed by atoms with Crippen LogP contribution in [0.15, 0.2) is 28.7 Å². The summed E-state index contributed by atoms with van der Waals surface area (Å²) in [6.45, 7) is 7.63. The van der Waals surface area contributed by atoms with Gasteiger partial charge in [0, 0.05) is 35.9 Å². The lowest BCUT2D eigenvalue weighted by atomic mass is 9.86. The molecule has 4 nitrogen and oxygen atoms in total. The van der Waals surface area contributed by atoms with Crippen molar-refractivity contribution in [2.75, 3.05) is 13.1 Å². The van der Waals surface area contributed by atoms with Gasteiger partial charge in [0.25, 0.3) is 5.91 Å². The van der Waals surface area contributed by atoms with Gasteiger partial charge in [-0.3, -0.25) is 4.79 Å². The van der Waals surface area contributed by atoms with E-state index in [2.05, 4.69) is 31.2 Å². The van der Waals surface area contributed by atoms with E-state index in [0.717, 1.165) is 40.7 Å². The number of aryl methyl sites for hydroxylation is 3. The highest BCUT2D eigenvalue weighted by molar-refractivity contribution is 6.00. The summed E-state index contributed by atoms with van der Waals surface area (Å²) in [4.78, 5) is 15.1. The summed E-state index contributed by atoms with van der Waals surface area (Å²) < 4.78 is 11.9. The van der Waals surface area contributed by atoms with Crippen molar-refractivity contribution in [2.24, 2.45) is 11.8 Å². The molecule has 0 radical (unpaired) electrons. The smallest absolute Gasteiger partial charge is 0.289 e. The molecule has 1 aromatic carbocycles. The van der Waals surface area contributed by atoms with Crippen molar-refractivity contribution in [1.29, 1.82) is 0 Å². The summed E-state index contributed by atoms with van der Waals surface area (Å²) in [6, 6.07) is 4.14. The van der Waals surface area contributed by atoms with Crippen LogP contribution in [-0.2, 0) is 4.74 Å². The van der Waals surface area contributed by atoms with Crippen molar-refractivity contribution in [3.63, 3.8) is 0 Å². The fraction of sp³-hybridized carbons (Fsp3) is 0.450. The van der Waals surface area contributed by atoms with E-state index < -0.39 is 0 Å². The molecule has 0 spiro atoms. The predicted octanol–water partition coefficient (Wildman–Crippen LogP) is 3.38. The molecule has 0 saturated carbocycles. The summed E-state index contributed by atoms with van der Waals surface area (Å²) in [7, 11) is 0. The SMILES string of the molecule is Cc1ccc(C)c2c(C)c(C(=O)N3C[C@@H]4[C@@H](C3)[C@H]3C=C[C@H]4O3)oc12. The molecule has 24 heavy (non-hydrogen) atoms. The molecule has 0 unspecified atom stereocenters. The fourth-order valence-corrected chi connectivity index (χ4v) is 4.72. The Bertz CT molecular complexity index is 874. The summed E-state index contributed by atoms with van der Waals surface area (Å²) in [5, 5.41) is 1.09. The van der Waals surface area contributed by atoms with Crippen molar-refractivity contribution in [3.8, 4) is 0 Å². The number of carbonyl (C=O) groups is 1. The summed E-state index contributed by atoms with van der Waals surface area (Å²) in [5.41, 5.74) is 4.04. The van der Waals surface area contributed by atoms with Crippen LogP contribution < -0.4 is 0 Å². The molecule has 1 aromatic heterocycles. The normalized spacial score (nSPS) is 30.5. The number of carbonyl (C=O) groups excluding carboxylic acids is 1. The first-order chi connectivity index (χ1) is 11.5. The average Bonchev–Trinajstić information content (AvgIpc) is 3.30. The Balaban J connectivity index is 1.50. The third-order valence-electron chi connectivity index (χ3n) is 6.03. The van der Waals surface area contributed by atoms with E-state index in [9.17, 15) is 4.79 Å². The van der Waals surface area contributed by atoms with E-state index in [4.69, 9.17) is 9.15 Å². The zero-order valence-corrected chi connectivity index (χ0v) is 14.2. The quantitative estimate of drug-likeness (QED) is 0.756. The number of rotatable bonds is 1. The van der Waals surface area contributed by atoms with Gasteiger partial charge in [0.15, 0.2) is 5.76 Å². The zero-order valence-electron chi connectivity index (χ0n) is 14.2. The first kappa shape index (κ1) is 14.3. The molecule has 4 heteroatoms. The molecule has 2 bridgehead atoms. The second kappa shape index (κ2) is 4.73. The molecule has 3 aliphatic rings. The molecular weight excluding hydrogens is 302 g/mol. The molecule has 124 valence electrons. The minimum absolute atomic E-state index is 0.0244. The average molecular weight is 323 g/mol. The van der Waals surface area contributed by atoms with E-state index in [1.54, 1.807) is 0 Å². The van der Waals surface area contributed by atoms with Crippen LogP contribution in [0.4, 0.5) is 0 Å². The van der Waals surface area contributed by atoms with E-state index in [1.807, 2.05) is 18.7 Å². The summed E-state index contributed by atoms with van der Waals surface area (Å²) >= 11 is 0. The minimum Gasteiger partial charge on any atom is -0.450 e. The van der Waals surface area contributed by atoms with E-state index in [0.29, 0.717) is 17.6 Å². The number of amides is 1. The van der Waals surface area contributed by atoms with Gasteiger partial charge >= 0.3 is 0 Å². The number of benzene rings is 1. The number of hydrogen-bond acceptors (Lipinski definition) is 3. The first-order valence-electron chi connectivity index (χ1n) is 8.67. The van der Waals surface area contributed by atoms with Gasteiger partial charge in [-0.15, -0.1) is 0 Å². The third-order valence-corrected chi connectivity index (χ3v) is 6.03. The Hall–Kier alpha value is -2.07. The molecule has 2 saturated heterocycles. The zero-order chi connectivity index (χ0) is 16.6. The fourth-order valence-electron chi connectivity index (χ4n) is 4.72. The topological polar surface area (TPSA) is 42.7 Å². The molecule has 0 N–H and O–H groups in total. The van der Waals surface area contributed by atoms with Crippen LogP contribution in [0.2, 0.25) is 0 Å². The Morgan fingerprint density at radius 2 is 1.67 bits per heavy atom. The Labute approximate surface area is 141 Å². The number of likely N-dealkylation sites (tertiary alicyclic amines) is 1. The Morgan fingerprint density at radius 3 is 2.29 bits per heavy atom. The van der Waals surface area contributed by atoms with Crippen LogP contribution in [0.5, 0.6) is 0 Å². The van der Waals surface area contributed by atoms with Crippen molar-refractivity contribution in [3.05, 3.63) is 46.7 Å². The molecular formula is C20H21NO3. The van der Waals surface area contributed by atoms with Gasteiger partial charge in [-0.05, 0) is 31.9 Å². The Kier molecular flexibility index (Phi) is 2.82. The number of furan rings is 1. The van der Waals surface area contributed by atoms with E-state index in [-0.39, 0.29) is 18.1 Å². The van der Waals surface area contributed by atoms with Crippen LogP contribution in [0.3, 0.4) is 0 Å². The monoisotopic (exact) mass is 323 g/mol. The minimum atomic E-state index is 0.0244. The van der Waals surface area contributed by atoms with Crippen LogP contribution in [0.1, 0.15) is 27.2 Å². The van der Waals surface area contributed by atoms with Gasteiger partial charge in [0.05, 0.1) is 12.2 Å². The molecule has 4 atom stereocenters. The second-order valence-electron chi connectivity index (χ2n) is 7.45. The lowest BCUT2D eigenvalue weighted by molar-refractivity contribution is 0.0633. The van der Waals surface area contributed by atoms with Crippen molar-refractivity contribution in [2.45, 2.75) is 33.0 Å². The maximum atomic E-state index is 13.1. The van der Waals surface area contributed by atoms with Crippen LogP contribution in [0, 0.1) is 32.6 Å². The van der Waals surface area contributed by atoms with Gasteiger partial charge in [0.2, 0.25) is 0 Å². The summed E-state index contributed by atoms with van der Waals surface area (Å²) in [5.74, 6) is 1.41. The lowest BCUT2D eigenvalue weighted by Crippen LogP contribution is -2.31. The molecule has 4 heterocycles. The maximum absolute atomic E-state index is 13.1. The highest BCUT2D eigenvalue weighted by Gasteiger charge is 2.51. The third kappa shape index (κ3) is 1.75. The number of fused-ring (bicyclic) bond motifs is 6. The lowest BCUT2D eigenvalue weighted by Gasteiger charge is -2.18. The Morgan fingerprint density at radius 1 is 1.04 bits per heavy atom. The molecule has 2 aromatic rings. The number of nitrogens with zero attached hydrogens (tertiary/aromatic N) is 1. The van der Waals surface area contributed by atoms with Gasteiger partial charge in [0.1, 0.15) is 5.58 Å². The molecule has 0 aliphatic carbocycles. The molecule has 3 aliphatic heterocycles. The van der Waals surface area contributed by atoms with Crippen LogP contribution >= 0.6 is 0 Å². The standard InChI is InChI=1S/C20H21NO3/c1-10-4-5-11(2)18-17(10)12(3)19(24-18)20(22)21-8-13-14(9-21)16-7-6-15(13)23-16/h4-7,13-16H,8-9H2,1-3H3/t13-,14-,15-,16-/m1/s1. The largest absolute Gasteiger partial charge is 0.450 e. The van der Waals surface area contributed by atoms with E-state index >= 15 is 0 Å². The highest BCUT2D eigenvalue weighted by Crippen LogP contribution is 2.44. The van der Waals surface area contributed by atoms with Gasteiger partial charge in [-0.2, -0.15) is 0 Å². The van der Waals surface area contributed by atoms with Gasteiger partial charge in [-0.25, -0.2) is 0 Å². The number of ether oxygens (including phenoxy) is 1. The molecule has 1 amide bonds.